The van der Waals surface area contributed by atoms with Crippen LogP contribution in [0.4, 0.5) is 10.1 Å². The lowest BCUT2D eigenvalue weighted by Crippen LogP contribution is -2.45. The van der Waals surface area contributed by atoms with Gasteiger partial charge in [0.15, 0.2) is 0 Å². The first-order valence-corrected chi connectivity index (χ1v) is 5.24. The summed E-state index contributed by atoms with van der Waals surface area (Å²) in [7, 11) is 0. The normalized spacial score (nSPS) is 18.3. The van der Waals surface area contributed by atoms with Crippen molar-refractivity contribution >= 4 is 17.3 Å². The van der Waals surface area contributed by atoms with Crippen molar-refractivity contribution < 1.29 is 9.13 Å². The molecule has 1 aliphatic heterocycles. The van der Waals surface area contributed by atoms with E-state index >= 15 is 0 Å². The second-order valence-electron chi connectivity index (χ2n) is 4.28. The monoisotopic (exact) mass is 229 g/mol. The Labute approximate surface area is 93.4 Å². The zero-order valence-corrected chi connectivity index (χ0v) is 9.27. The van der Waals surface area contributed by atoms with Crippen LogP contribution in [0.1, 0.15) is 6.92 Å². The van der Waals surface area contributed by atoms with Gasteiger partial charge in [-0.25, -0.2) is 4.39 Å². The fraction of sp³-hybridized carbons (Fsp3) is 0.455. The summed E-state index contributed by atoms with van der Waals surface area (Å²) in [5.41, 5.74) is 0.792. The maximum absolute atomic E-state index is 12.9. The predicted molar refractivity (Wildman–Crippen MR) is 58.8 cm³/mol. The average molecular weight is 230 g/mol. The zero-order valence-electron chi connectivity index (χ0n) is 8.52. The molecular formula is C11H13ClFNO. The zero-order chi connectivity index (χ0) is 10.9. The van der Waals surface area contributed by atoms with Gasteiger partial charge in [0.1, 0.15) is 5.82 Å². The molecule has 1 aliphatic rings. The minimum atomic E-state index is -0.281. The Balaban J connectivity index is 2.01. The number of nitrogens with one attached hydrogen (secondary N) is 1. The second kappa shape index (κ2) is 3.99. The number of hydrogen-bond acceptors (Lipinski definition) is 2. The molecule has 2 rings (SSSR count). The van der Waals surface area contributed by atoms with E-state index in [4.69, 9.17) is 16.3 Å². The van der Waals surface area contributed by atoms with Gasteiger partial charge in [-0.15, -0.1) is 0 Å². The summed E-state index contributed by atoms with van der Waals surface area (Å²) in [4.78, 5) is 0. The van der Waals surface area contributed by atoms with Crippen molar-refractivity contribution in [2.75, 3.05) is 25.1 Å². The predicted octanol–water partition coefficient (Wildman–Crippen LogP) is 2.93. The number of ether oxygens (including phenoxy) is 1. The van der Waals surface area contributed by atoms with Crippen molar-refractivity contribution in [2.45, 2.75) is 6.92 Å². The molecule has 4 heteroatoms. The third-order valence-corrected chi connectivity index (χ3v) is 2.86. The quantitative estimate of drug-likeness (QED) is 0.861. The Hall–Kier alpha value is -0.800. The third kappa shape index (κ3) is 2.41. The van der Waals surface area contributed by atoms with E-state index in [0.29, 0.717) is 10.7 Å². The van der Waals surface area contributed by atoms with Gasteiger partial charge in [0.25, 0.3) is 0 Å². The van der Waals surface area contributed by atoms with Gasteiger partial charge in [0.05, 0.1) is 23.9 Å². The molecule has 2 nitrogen and oxygen atoms in total. The standard InChI is InChI=1S/C11H13ClFNO/c1-11(6-15-7-11)5-14-10-4-8(13)2-3-9(10)12/h2-4,14H,5-7H2,1H3. The lowest BCUT2D eigenvalue weighted by Gasteiger charge is -2.38. The first kappa shape index (κ1) is 10.7. The van der Waals surface area contributed by atoms with Gasteiger partial charge in [-0.1, -0.05) is 18.5 Å². The topological polar surface area (TPSA) is 21.3 Å². The molecule has 0 unspecified atom stereocenters. The highest BCUT2D eigenvalue weighted by Crippen LogP contribution is 2.29. The van der Waals surface area contributed by atoms with E-state index < -0.39 is 0 Å². The molecule has 1 fully saturated rings. The summed E-state index contributed by atoms with van der Waals surface area (Å²) < 4.78 is 18.1. The smallest absolute Gasteiger partial charge is 0.125 e. The molecule has 0 aliphatic carbocycles. The van der Waals surface area contributed by atoms with Crippen LogP contribution < -0.4 is 5.32 Å². The summed E-state index contributed by atoms with van der Waals surface area (Å²) in [5.74, 6) is -0.281. The van der Waals surface area contributed by atoms with E-state index in [1.807, 2.05) is 0 Å². The Kier molecular flexibility index (Phi) is 2.85. The molecule has 15 heavy (non-hydrogen) atoms. The van der Waals surface area contributed by atoms with E-state index in [2.05, 4.69) is 12.2 Å². The summed E-state index contributed by atoms with van der Waals surface area (Å²) in [6.07, 6.45) is 0. The SMILES string of the molecule is CC1(CNc2cc(F)ccc2Cl)COC1. The number of halogens is 2. The van der Waals surface area contributed by atoms with Crippen molar-refractivity contribution in [3.8, 4) is 0 Å². The number of rotatable bonds is 3. The van der Waals surface area contributed by atoms with Crippen LogP contribution in [-0.2, 0) is 4.74 Å². The van der Waals surface area contributed by atoms with Crippen LogP contribution in [0, 0.1) is 11.2 Å². The molecule has 0 spiro atoms. The van der Waals surface area contributed by atoms with Gasteiger partial charge in [-0.05, 0) is 18.2 Å². The largest absolute Gasteiger partial charge is 0.383 e. The molecule has 0 bridgehead atoms. The molecule has 0 saturated carbocycles. The highest BCUT2D eigenvalue weighted by Gasteiger charge is 2.33. The Morgan fingerprint density at radius 2 is 2.27 bits per heavy atom. The Morgan fingerprint density at radius 1 is 1.53 bits per heavy atom. The van der Waals surface area contributed by atoms with Crippen molar-refractivity contribution in [1.29, 1.82) is 0 Å². The second-order valence-corrected chi connectivity index (χ2v) is 4.69. The number of benzene rings is 1. The van der Waals surface area contributed by atoms with Crippen LogP contribution in [-0.4, -0.2) is 19.8 Å². The molecule has 1 saturated heterocycles. The van der Waals surface area contributed by atoms with Crippen LogP contribution in [0.2, 0.25) is 5.02 Å². The molecule has 0 amide bonds. The van der Waals surface area contributed by atoms with Crippen LogP contribution >= 0.6 is 11.6 Å². The first-order chi connectivity index (χ1) is 7.09. The van der Waals surface area contributed by atoms with E-state index in [-0.39, 0.29) is 11.2 Å². The van der Waals surface area contributed by atoms with Crippen LogP contribution in [0.25, 0.3) is 0 Å². The molecule has 0 aromatic heterocycles. The van der Waals surface area contributed by atoms with Gasteiger partial charge in [-0.3, -0.25) is 0 Å². The fourth-order valence-electron chi connectivity index (χ4n) is 1.49. The van der Waals surface area contributed by atoms with Crippen molar-refractivity contribution in [2.24, 2.45) is 5.41 Å². The molecule has 82 valence electrons. The van der Waals surface area contributed by atoms with E-state index in [1.54, 1.807) is 6.07 Å². The van der Waals surface area contributed by atoms with Crippen molar-refractivity contribution in [3.63, 3.8) is 0 Å². The van der Waals surface area contributed by atoms with Gasteiger partial charge in [0, 0.05) is 12.0 Å². The number of anilines is 1. The molecule has 0 radical (unpaired) electrons. The average Bonchev–Trinajstić information content (AvgIpc) is 2.17. The highest BCUT2D eigenvalue weighted by molar-refractivity contribution is 6.33. The minimum Gasteiger partial charge on any atom is -0.383 e. The molecule has 1 heterocycles. The van der Waals surface area contributed by atoms with E-state index in [1.165, 1.54) is 12.1 Å². The van der Waals surface area contributed by atoms with Crippen molar-refractivity contribution in [3.05, 3.63) is 29.0 Å². The van der Waals surface area contributed by atoms with Gasteiger partial charge in [0.2, 0.25) is 0 Å². The van der Waals surface area contributed by atoms with Gasteiger partial charge in [-0.2, -0.15) is 0 Å². The Bertz CT molecular complexity index is 366. The maximum Gasteiger partial charge on any atom is 0.125 e. The molecule has 0 atom stereocenters. The maximum atomic E-state index is 12.9. The molecule has 1 aromatic rings. The minimum absolute atomic E-state index is 0.148. The van der Waals surface area contributed by atoms with Crippen LogP contribution in [0.15, 0.2) is 18.2 Å². The molecule has 1 N–H and O–H groups in total. The lowest BCUT2D eigenvalue weighted by molar-refractivity contribution is -0.0924. The molecular weight excluding hydrogens is 217 g/mol. The Morgan fingerprint density at radius 3 is 2.87 bits per heavy atom. The summed E-state index contributed by atoms with van der Waals surface area (Å²) in [6, 6.07) is 4.31. The fourth-order valence-corrected chi connectivity index (χ4v) is 1.68. The van der Waals surface area contributed by atoms with E-state index in [9.17, 15) is 4.39 Å². The third-order valence-electron chi connectivity index (χ3n) is 2.54. The summed E-state index contributed by atoms with van der Waals surface area (Å²) >= 11 is 5.93. The van der Waals surface area contributed by atoms with Crippen molar-refractivity contribution in [1.82, 2.24) is 0 Å². The lowest BCUT2D eigenvalue weighted by atomic mass is 9.89. The highest BCUT2D eigenvalue weighted by atomic mass is 35.5. The summed E-state index contributed by atoms with van der Waals surface area (Å²) in [6.45, 7) is 4.35. The van der Waals surface area contributed by atoms with Crippen LogP contribution in [0.5, 0.6) is 0 Å². The molecule has 1 aromatic carbocycles. The number of hydrogen-bond donors (Lipinski definition) is 1. The summed E-state index contributed by atoms with van der Waals surface area (Å²) in [5, 5.41) is 3.69. The first-order valence-electron chi connectivity index (χ1n) is 4.86. The van der Waals surface area contributed by atoms with Gasteiger partial charge >= 0.3 is 0 Å². The van der Waals surface area contributed by atoms with Gasteiger partial charge < -0.3 is 10.1 Å². The van der Waals surface area contributed by atoms with E-state index in [0.717, 1.165) is 19.8 Å². The van der Waals surface area contributed by atoms with Crippen LogP contribution in [0.3, 0.4) is 0 Å².